The van der Waals surface area contributed by atoms with Gasteiger partial charge in [-0.3, -0.25) is 4.79 Å². The lowest BCUT2D eigenvalue weighted by atomic mass is 9.94. The predicted octanol–water partition coefficient (Wildman–Crippen LogP) is 1.62. The zero-order chi connectivity index (χ0) is 14.4. The van der Waals surface area contributed by atoms with Crippen LogP contribution in [0.15, 0.2) is 12.1 Å². The Morgan fingerprint density at radius 2 is 2.00 bits per heavy atom. The molecule has 3 aliphatic heterocycles. The number of hydrogen-bond acceptors (Lipinski definition) is 4. The fourth-order valence-electron chi connectivity index (χ4n) is 3.61. The van der Waals surface area contributed by atoms with E-state index in [0.29, 0.717) is 11.9 Å². The maximum absolute atomic E-state index is 12.7. The average Bonchev–Trinajstić information content (AvgIpc) is 3.31. The molecule has 1 aromatic heterocycles. The SMILES string of the molecule is Cc1ccc(N2C[C@@H]3CC[C@H](C2)N(CC2CC2)C3=O)nn1. The maximum atomic E-state index is 12.7. The molecule has 4 aliphatic rings. The Morgan fingerprint density at radius 3 is 2.71 bits per heavy atom. The summed E-state index contributed by atoms with van der Waals surface area (Å²) in [6.07, 6.45) is 4.77. The Bertz CT molecular complexity index is 540. The van der Waals surface area contributed by atoms with E-state index in [2.05, 4.69) is 20.0 Å². The van der Waals surface area contributed by atoms with Gasteiger partial charge in [0.15, 0.2) is 5.82 Å². The summed E-state index contributed by atoms with van der Waals surface area (Å²) in [5.41, 5.74) is 0.933. The second-order valence-corrected chi connectivity index (χ2v) is 6.80. The minimum absolute atomic E-state index is 0.144. The second kappa shape index (κ2) is 4.97. The normalized spacial score (nSPS) is 28.9. The molecule has 0 aromatic carbocycles. The van der Waals surface area contributed by atoms with E-state index in [1.165, 1.54) is 12.8 Å². The molecule has 1 amide bonds. The third-order valence-corrected chi connectivity index (χ3v) is 5.05. The fraction of sp³-hybridized carbons (Fsp3) is 0.688. The zero-order valence-electron chi connectivity index (χ0n) is 12.5. The summed E-state index contributed by atoms with van der Waals surface area (Å²) in [7, 11) is 0. The lowest BCUT2D eigenvalue weighted by Gasteiger charge is -2.36. The first-order valence-electron chi connectivity index (χ1n) is 8.06. The van der Waals surface area contributed by atoms with Crippen molar-refractivity contribution in [1.82, 2.24) is 15.1 Å². The van der Waals surface area contributed by atoms with Crippen LogP contribution in [0.5, 0.6) is 0 Å². The maximum Gasteiger partial charge on any atom is 0.227 e. The fourth-order valence-corrected chi connectivity index (χ4v) is 3.61. The monoisotopic (exact) mass is 286 g/mol. The molecule has 3 saturated heterocycles. The molecule has 0 radical (unpaired) electrons. The van der Waals surface area contributed by atoms with Gasteiger partial charge in [0.1, 0.15) is 0 Å². The summed E-state index contributed by atoms with van der Waals surface area (Å²) in [6, 6.07) is 4.39. The number of fused-ring (bicyclic) bond motifs is 4. The van der Waals surface area contributed by atoms with E-state index in [1.54, 1.807) is 0 Å². The Morgan fingerprint density at radius 1 is 1.14 bits per heavy atom. The lowest BCUT2D eigenvalue weighted by molar-refractivity contribution is -0.140. The van der Waals surface area contributed by atoms with Gasteiger partial charge >= 0.3 is 0 Å². The Balaban J connectivity index is 1.57. The van der Waals surface area contributed by atoms with E-state index in [4.69, 9.17) is 0 Å². The number of nitrogens with zero attached hydrogens (tertiary/aromatic N) is 4. The minimum atomic E-state index is 0.144. The molecule has 1 aliphatic carbocycles. The highest BCUT2D eigenvalue weighted by Crippen LogP contribution is 2.36. The van der Waals surface area contributed by atoms with Crippen LogP contribution in [0, 0.1) is 18.8 Å². The molecule has 4 fully saturated rings. The van der Waals surface area contributed by atoms with Gasteiger partial charge in [-0.15, -0.1) is 5.10 Å². The molecule has 1 aromatic rings. The van der Waals surface area contributed by atoms with E-state index in [0.717, 1.165) is 49.9 Å². The molecule has 0 N–H and O–H groups in total. The number of rotatable bonds is 3. The van der Waals surface area contributed by atoms with E-state index in [1.807, 2.05) is 19.1 Å². The Hall–Kier alpha value is -1.65. The van der Waals surface area contributed by atoms with Gasteiger partial charge in [-0.05, 0) is 50.7 Å². The molecule has 0 spiro atoms. The number of aryl methyl sites for hydroxylation is 1. The van der Waals surface area contributed by atoms with Gasteiger partial charge in [-0.25, -0.2) is 0 Å². The van der Waals surface area contributed by atoms with Crippen LogP contribution in [0.2, 0.25) is 0 Å². The predicted molar refractivity (Wildman–Crippen MR) is 79.9 cm³/mol. The summed E-state index contributed by atoms with van der Waals surface area (Å²) in [5.74, 6) is 2.20. The van der Waals surface area contributed by atoms with Crippen LogP contribution in [0.25, 0.3) is 0 Å². The smallest absolute Gasteiger partial charge is 0.227 e. The third-order valence-electron chi connectivity index (χ3n) is 5.05. The van der Waals surface area contributed by atoms with Gasteiger partial charge in [-0.1, -0.05) is 0 Å². The summed E-state index contributed by atoms with van der Waals surface area (Å²) in [5, 5.41) is 8.47. The van der Waals surface area contributed by atoms with Crippen LogP contribution in [-0.2, 0) is 4.79 Å². The van der Waals surface area contributed by atoms with Gasteiger partial charge in [0.2, 0.25) is 5.91 Å². The summed E-state index contributed by atoms with van der Waals surface area (Å²) in [4.78, 5) is 17.1. The van der Waals surface area contributed by atoms with E-state index in [-0.39, 0.29) is 5.92 Å². The molecule has 21 heavy (non-hydrogen) atoms. The van der Waals surface area contributed by atoms with Crippen molar-refractivity contribution in [1.29, 1.82) is 0 Å². The molecule has 112 valence electrons. The Kier molecular flexibility index (Phi) is 3.08. The number of piperidine rings is 1. The largest absolute Gasteiger partial charge is 0.352 e. The number of hydrogen-bond donors (Lipinski definition) is 0. The van der Waals surface area contributed by atoms with Crippen molar-refractivity contribution in [2.45, 2.75) is 38.6 Å². The van der Waals surface area contributed by atoms with Crippen molar-refractivity contribution in [2.24, 2.45) is 11.8 Å². The van der Waals surface area contributed by atoms with Crippen molar-refractivity contribution >= 4 is 11.7 Å². The highest BCUT2D eigenvalue weighted by molar-refractivity contribution is 5.81. The molecule has 2 bridgehead atoms. The van der Waals surface area contributed by atoms with Crippen molar-refractivity contribution in [3.05, 3.63) is 17.8 Å². The van der Waals surface area contributed by atoms with Crippen molar-refractivity contribution in [3.8, 4) is 0 Å². The zero-order valence-corrected chi connectivity index (χ0v) is 12.5. The molecule has 4 heterocycles. The molecule has 2 atom stereocenters. The molecule has 5 rings (SSSR count). The molecule has 5 nitrogen and oxygen atoms in total. The van der Waals surface area contributed by atoms with Crippen LogP contribution in [0.1, 0.15) is 31.4 Å². The van der Waals surface area contributed by atoms with Gasteiger partial charge in [0, 0.05) is 25.7 Å². The highest BCUT2D eigenvalue weighted by atomic mass is 16.2. The van der Waals surface area contributed by atoms with Crippen LogP contribution in [0.4, 0.5) is 5.82 Å². The quantitative estimate of drug-likeness (QED) is 0.847. The molecular weight excluding hydrogens is 264 g/mol. The summed E-state index contributed by atoms with van der Waals surface area (Å²) < 4.78 is 0. The van der Waals surface area contributed by atoms with Crippen LogP contribution < -0.4 is 4.90 Å². The molecule has 5 heteroatoms. The average molecular weight is 286 g/mol. The third kappa shape index (κ3) is 2.49. The number of amides is 1. The summed E-state index contributed by atoms with van der Waals surface area (Å²) in [6.45, 7) is 4.64. The molecule has 0 unspecified atom stereocenters. The molecule has 1 saturated carbocycles. The highest BCUT2D eigenvalue weighted by Gasteiger charge is 2.42. The molecular formula is C16H22N4O. The number of carbonyl (C=O) groups excluding carboxylic acids is 1. The first-order valence-corrected chi connectivity index (χ1v) is 8.06. The standard InChI is InChI=1S/C16H22N4O/c1-11-2-7-15(18-17-11)19-9-13-5-6-14(10-19)20(16(13)21)8-12-3-4-12/h2,7,12-14H,3-6,8-10H2,1H3/t13-,14+/m0/s1. The van der Waals surface area contributed by atoms with Crippen molar-refractivity contribution < 1.29 is 4.79 Å². The van der Waals surface area contributed by atoms with Gasteiger partial charge in [-0.2, -0.15) is 5.10 Å². The van der Waals surface area contributed by atoms with Crippen LogP contribution in [0.3, 0.4) is 0 Å². The van der Waals surface area contributed by atoms with E-state index >= 15 is 0 Å². The van der Waals surface area contributed by atoms with Gasteiger partial charge in [0.05, 0.1) is 11.6 Å². The van der Waals surface area contributed by atoms with E-state index in [9.17, 15) is 4.79 Å². The topological polar surface area (TPSA) is 49.3 Å². The van der Waals surface area contributed by atoms with Crippen LogP contribution in [-0.4, -0.2) is 46.7 Å². The van der Waals surface area contributed by atoms with E-state index < -0.39 is 0 Å². The Labute approximate surface area is 125 Å². The first-order chi connectivity index (χ1) is 10.2. The number of aromatic nitrogens is 2. The lowest BCUT2D eigenvalue weighted by Crippen LogP contribution is -2.48. The second-order valence-electron chi connectivity index (χ2n) is 6.80. The number of anilines is 1. The van der Waals surface area contributed by atoms with Crippen molar-refractivity contribution in [3.63, 3.8) is 0 Å². The van der Waals surface area contributed by atoms with Crippen LogP contribution >= 0.6 is 0 Å². The first kappa shape index (κ1) is 13.0. The minimum Gasteiger partial charge on any atom is -0.352 e. The summed E-state index contributed by atoms with van der Waals surface area (Å²) >= 11 is 0. The van der Waals surface area contributed by atoms with Gasteiger partial charge < -0.3 is 9.80 Å². The number of carbonyl (C=O) groups is 1. The van der Waals surface area contributed by atoms with Crippen molar-refractivity contribution in [2.75, 3.05) is 24.5 Å². The van der Waals surface area contributed by atoms with Gasteiger partial charge in [0.25, 0.3) is 0 Å².